The molecule has 1 heteroatoms. The molecule has 0 spiro atoms. The quantitative estimate of drug-likeness (QED) is 0.372. The molecular weight excluding hydrogens is 338 g/mol. The average Bonchev–Trinajstić information content (AvgIpc) is 3.16. The topological polar surface area (TPSA) is 3.24 Å². The van der Waals surface area contributed by atoms with Crippen LogP contribution in [0.2, 0.25) is 0 Å². The van der Waals surface area contributed by atoms with E-state index in [0.717, 1.165) is 0 Å². The van der Waals surface area contributed by atoms with Crippen LogP contribution in [-0.4, -0.2) is 6.04 Å². The second kappa shape index (κ2) is 6.83. The summed E-state index contributed by atoms with van der Waals surface area (Å²) in [6, 6.07) is 31.4. The second-order valence-corrected chi connectivity index (χ2v) is 7.96. The van der Waals surface area contributed by atoms with Gasteiger partial charge in [0.15, 0.2) is 0 Å². The predicted molar refractivity (Wildman–Crippen MR) is 121 cm³/mol. The van der Waals surface area contributed by atoms with E-state index in [0.29, 0.717) is 6.04 Å². The Hall–Kier alpha value is -3.06. The van der Waals surface area contributed by atoms with E-state index in [1.54, 1.807) is 0 Å². The Bertz CT molecular complexity index is 1110. The van der Waals surface area contributed by atoms with Gasteiger partial charge in [-0.15, -0.1) is 0 Å². The molecule has 4 aromatic carbocycles. The molecule has 0 N–H and O–H groups in total. The van der Waals surface area contributed by atoms with Crippen LogP contribution in [-0.2, 0) is 12.8 Å². The fraction of sp³-hybridized carbons (Fsp3) is 0.185. The number of aryl methyl sites for hydroxylation is 2. The minimum absolute atomic E-state index is 0.376. The van der Waals surface area contributed by atoms with Crippen molar-refractivity contribution in [2.45, 2.75) is 32.7 Å². The highest BCUT2D eigenvalue weighted by atomic mass is 15.2. The molecule has 0 heterocycles. The molecule has 0 amide bonds. The van der Waals surface area contributed by atoms with Crippen LogP contribution in [0.1, 0.15) is 25.0 Å². The van der Waals surface area contributed by atoms with Crippen molar-refractivity contribution in [1.29, 1.82) is 0 Å². The molecular formula is C27H25N. The van der Waals surface area contributed by atoms with Crippen molar-refractivity contribution in [3.8, 4) is 11.1 Å². The first kappa shape index (κ1) is 17.1. The van der Waals surface area contributed by atoms with E-state index in [-0.39, 0.29) is 0 Å². The molecule has 1 aliphatic rings. The first-order valence-corrected chi connectivity index (χ1v) is 10.2. The largest absolute Gasteiger partial charge is 0.338 e. The number of hydrogen-bond acceptors (Lipinski definition) is 1. The molecule has 0 aliphatic heterocycles. The average molecular weight is 364 g/mol. The van der Waals surface area contributed by atoms with Crippen LogP contribution in [0.5, 0.6) is 0 Å². The van der Waals surface area contributed by atoms with Gasteiger partial charge >= 0.3 is 0 Å². The van der Waals surface area contributed by atoms with Gasteiger partial charge in [-0.1, -0.05) is 66.7 Å². The molecule has 138 valence electrons. The van der Waals surface area contributed by atoms with E-state index in [1.165, 1.54) is 57.2 Å². The van der Waals surface area contributed by atoms with Crippen LogP contribution in [0, 0.1) is 0 Å². The summed E-state index contributed by atoms with van der Waals surface area (Å²) < 4.78 is 0. The molecule has 28 heavy (non-hydrogen) atoms. The van der Waals surface area contributed by atoms with Gasteiger partial charge in [0.2, 0.25) is 0 Å². The van der Waals surface area contributed by atoms with Gasteiger partial charge in [-0.05, 0) is 72.5 Å². The minimum atomic E-state index is 0.376. The van der Waals surface area contributed by atoms with Gasteiger partial charge in [0.25, 0.3) is 0 Å². The second-order valence-electron chi connectivity index (χ2n) is 7.96. The number of hydrogen-bond donors (Lipinski definition) is 0. The zero-order valence-electron chi connectivity index (χ0n) is 16.5. The third-order valence-electron chi connectivity index (χ3n) is 5.88. The van der Waals surface area contributed by atoms with E-state index < -0.39 is 0 Å². The molecule has 0 atom stereocenters. The van der Waals surface area contributed by atoms with E-state index in [2.05, 4.69) is 104 Å². The van der Waals surface area contributed by atoms with Gasteiger partial charge in [0.1, 0.15) is 0 Å². The Morgan fingerprint density at radius 3 is 2.04 bits per heavy atom. The zero-order valence-corrected chi connectivity index (χ0v) is 16.5. The Kier molecular flexibility index (Phi) is 4.16. The molecule has 0 unspecified atom stereocenters. The molecule has 0 bridgehead atoms. The predicted octanol–water partition coefficient (Wildman–Crippen LogP) is 7.15. The summed E-state index contributed by atoms with van der Waals surface area (Å²) in [5.41, 5.74) is 8.07. The molecule has 4 aromatic rings. The molecule has 0 aromatic heterocycles. The van der Waals surface area contributed by atoms with Crippen LogP contribution in [0.4, 0.5) is 11.4 Å². The first-order valence-electron chi connectivity index (χ1n) is 10.2. The van der Waals surface area contributed by atoms with Crippen molar-refractivity contribution in [1.82, 2.24) is 0 Å². The summed E-state index contributed by atoms with van der Waals surface area (Å²) in [7, 11) is 0. The van der Waals surface area contributed by atoms with Gasteiger partial charge in [-0.2, -0.15) is 0 Å². The summed E-state index contributed by atoms with van der Waals surface area (Å²) in [6.07, 6.45) is 2.34. The Labute approximate surface area is 167 Å². The van der Waals surface area contributed by atoms with Crippen LogP contribution in [0.15, 0.2) is 84.9 Å². The molecule has 0 saturated carbocycles. The van der Waals surface area contributed by atoms with Crippen molar-refractivity contribution in [3.05, 3.63) is 96.1 Å². The SMILES string of the molecule is CC(C)N(c1ccc(-c2ccccc2)cc1)c1ccc2c3c(cccc13)CC2. The van der Waals surface area contributed by atoms with Crippen LogP contribution in [0.25, 0.3) is 21.9 Å². The third-order valence-corrected chi connectivity index (χ3v) is 5.88. The lowest BCUT2D eigenvalue weighted by atomic mass is 10.0. The van der Waals surface area contributed by atoms with Crippen LogP contribution in [0.3, 0.4) is 0 Å². The van der Waals surface area contributed by atoms with Gasteiger partial charge in [-0.25, -0.2) is 0 Å². The molecule has 1 nitrogen and oxygen atoms in total. The number of nitrogens with zero attached hydrogens (tertiary/aromatic N) is 1. The highest BCUT2D eigenvalue weighted by Crippen LogP contribution is 2.40. The highest BCUT2D eigenvalue weighted by molar-refractivity contribution is 6.01. The third kappa shape index (κ3) is 2.79. The lowest BCUT2D eigenvalue weighted by molar-refractivity contribution is 0.791. The van der Waals surface area contributed by atoms with Crippen molar-refractivity contribution in [2.75, 3.05) is 4.90 Å². The Balaban J connectivity index is 1.61. The maximum absolute atomic E-state index is 2.47. The first-order chi connectivity index (χ1) is 13.7. The lowest BCUT2D eigenvalue weighted by Crippen LogP contribution is -2.25. The summed E-state index contributed by atoms with van der Waals surface area (Å²) >= 11 is 0. The maximum atomic E-state index is 2.47. The zero-order chi connectivity index (χ0) is 19.1. The van der Waals surface area contributed by atoms with Crippen LogP contribution < -0.4 is 4.90 Å². The molecule has 0 saturated heterocycles. The van der Waals surface area contributed by atoms with Gasteiger partial charge in [-0.3, -0.25) is 0 Å². The normalized spacial score (nSPS) is 12.7. The standard InChI is InChI=1S/C27H25N/c1-19(2)28(24-16-13-21(14-17-24)20-7-4-3-5-8-20)26-18-15-23-12-11-22-9-6-10-25(26)27(22)23/h3-10,13-19H,11-12H2,1-2H3. The van der Waals surface area contributed by atoms with E-state index in [4.69, 9.17) is 0 Å². The Morgan fingerprint density at radius 2 is 1.32 bits per heavy atom. The number of benzene rings is 4. The monoisotopic (exact) mass is 363 g/mol. The number of anilines is 2. The van der Waals surface area contributed by atoms with E-state index in [9.17, 15) is 0 Å². The molecule has 0 radical (unpaired) electrons. The Morgan fingerprint density at radius 1 is 0.643 bits per heavy atom. The highest BCUT2D eigenvalue weighted by Gasteiger charge is 2.21. The van der Waals surface area contributed by atoms with E-state index in [1.807, 2.05) is 0 Å². The molecule has 5 rings (SSSR count). The fourth-order valence-electron chi connectivity index (χ4n) is 4.60. The molecule has 1 aliphatic carbocycles. The summed E-state index contributed by atoms with van der Waals surface area (Å²) in [6.45, 7) is 4.54. The summed E-state index contributed by atoms with van der Waals surface area (Å²) in [4.78, 5) is 2.47. The fourth-order valence-corrected chi connectivity index (χ4v) is 4.60. The lowest BCUT2D eigenvalue weighted by Gasteiger charge is -2.31. The maximum Gasteiger partial charge on any atom is 0.0493 e. The van der Waals surface area contributed by atoms with Crippen molar-refractivity contribution in [2.24, 2.45) is 0 Å². The minimum Gasteiger partial charge on any atom is -0.338 e. The summed E-state index contributed by atoms with van der Waals surface area (Å²) in [5.74, 6) is 0. The van der Waals surface area contributed by atoms with Gasteiger partial charge < -0.3 is 4.90 Å². The summed E-state index contributed by atoms with van der Waals surface area (Å²) in [5, 5.41) is 2.86. The van der Waals surface area contributed by atoms with E-state index >= 15 is 0 Å². The van der Waals surface area contributed by atoms with Crippen molar-refractivity contribution >= 4 is 22.1 Å². The number of rotatable bonds is 4. The van der Waals surface area contributed by atoms with Crippen molar-refractivity contribution < 1.29 is 0 Å². The van der Waals surface area contributed by atoms with Gasteiger partial charge in [0.05, 0.1) is 0 Å². The van der Waals surface area contributed by atoms with Crippen molar-refractivity contribution in [3.63, 3.8) is 0 Å². The van der Waals surface area contributed by atoms with Crippen LogP contribution >= 0.6 is 0 Å². The van der Waals surface area contributed by atoms with Gasteiger partial charge in [0, 0.05) is 22.8 Å². The smallest absolute Gasteiger partial charge is 0.0493 e. The molecule has 0 fully saturated rings.